The second-order valence-electron chi connectivity index (χ2n) is 4.11. The topological polar surface area (TPSA) is 12.0 Å². The van der Waals surface area contributed by atoms with Gasteiger partial charge in [-0.05, 0) is 49.9 Å². The lowest BCUT2D eigenvalue weighted by Gasteiger charge is -2.11. The quantitative estimate of drug-likeness (QED) is 0.855. The molecule has 1 unspecified atom stereocenters. The molecule has 1 aliphatic heterocycles. The van der Waals surface area contributed by atoms with Crippen molar-refractivity contribution in [2.75, 3.05) is 13.1 Å². The van der Waals surface area contributed by atoms with Crippen LogP contribution in [0.25, 0.3) is 0 Å². The van der Waals surface area contributed by atoms with Gasteiger partial charge < -0.3 is 5.32 Å². The fourth-order valence-electron chi connectivity index (χ4n) is 2.07. The van der Waals surface area contributed by atoms with Crippen molar-refractivity contribution in [2.24, 2.45) is 5.92 Å². The van der Waals surface area contributed by atoms with E-state index < -0.39 is 0 Å². The largest absolute Gasteiger partial charge is 0.316 e. The van der Waals surface area contributed by atoms with Gasteiger partial charge in [-0.25, -0.2) is 0 Å². The second-order valence-corrected chi connectivity index (χ2v) is 4.90. The van der Waals surface area contributed by atoms with E-state index in [1.165, 1.54) is 41.5 Å². The Bertz CT molecular complexity index is 316. The summed E-state index contributed by atoms with van der Waals surface area (Å²) in [6, 6.07) is 6.54. The van der Waals surface area contributed by atoms with Gasteiger partial charge in [0.15, 0.2) is 0 Å². The van der Waals surface area contributed by atoms with E-state index in [9.17, 15) is 0 Å². The molecule has 1 aromatic rings. The van der Waals surface area contributed by atoms with Gasteiger partial charge in [0.25, 0.3) is 0 Å². The Kier molecular flexibility index (Phi) is 3.24. The zero-order valence-corrected chi connectivity index (χ0v) is 10.1. The Labute approximate surface area is 94.0 Å². The lowest BCUT2D eigenvalue weighted by atomic mass is 9.98. The van der Waals surface area contributed by atoms with E-state index >= 15 is 0 Å². The molecule has 1 N–H and O–H groups in total. The van der Waals surface area contributed by atoms with Crippen LogP contribution in [0.4, 0.5) is 0 Å². The zero-order chi connectivity index (χ0) is 9.97. The van der Waals surface area contributed by atoms with Gasteiger partial charge in [0, 0.05) is 4.47 Å². The van der Waals surface area contributed by atoms with Crippen molar-refractivity contribution in [3.8, 4) is 0 Å². The van der Waals surface area contributed by atoms with E-state index in [2.05, 4.69) is 46.4 Å². The van der Waals surface area contributed by atoms with Crippen LogP contribution in [-0.2, 0) is 6.42 Å². The van der Waals surface area contributed by atoms with E-state index in [4.69, 9.17) is 0 Å². The number of benzene rings is 1. The highest BCUT2D eigenvalue weighted by Gasteiger charge is 2.16. The Balaban J connectivity index is 2.11. The molecule has 1 nitrogen and oxygen atoms in total. The normalized spacial score (nSPS) is 21.4. The van der Waals surface area contributed by atoms with Crippen molar-refractivity contribution in [2.45, 2.75) is 19.8 Å². The van der Waals surface area contributed by atoms with E-state index in [0.29, 0.717) is 0 Å². The minimum absolute atomic E-state index is 0.827. The van der Waals surface area contributed by atoms with Gasteiger partial charge in [0.05, 0.1) is 0 Å². The molecule has 1 saturated heterocycles. The molecule has 0 radical (unpaired) electrons. The van der Waals surface area contributed by atoms with Crippen LogP contribution in [-0.4, -0.2) is 13.1 Å². The minimum Gasteiger partial charge on any atom is -0.316 e. The monoisotopic (exact) mass is 253 g/mol. The summed E-state index contributed by atoms with van der Waals surface area (Å²) < 4.78 is 1.30. The molecule has 1 fully saturated rings. The van der Waals surface area contributed by atoms with Crippen LogP contribution in [0.15, 0.2) is 22.7 Å². The van der Waals surface area contributed by atoms with Crippen molar-refractivity contribution in [3.05, 3.63) is 33.8 Å². The first kappa shape index (κ1) is 10.2. The fraction of sp³-hybridized carbons (Fsp3) is 0.500. The van der Waals surface area contributed by atoms with Gasteiger partial charge in [0.1, 0.15) is 0 Å². The average Bonchev–Trinajstić information content (AvgIpc) is 2.66. The fourth-order valence-corrected chi connectivity index (χ4v) is 2.49. The lowest BCUT2D eigenvalue weighted by Crippen LogP contribution is -2.11. The summed E-state index contributed by atoms with van der Waals surface area (Å²) in [6.07, 6.45) is 2.52. The lowest BCUT2D eigenvalue weighted by molar-refractivity contribution is 0.579. The summed E-state index contributed by atoms with van der Waals surface area (Å²) in [5, 5.41) is 3.41. The number of hydrogen-bond acceptors (Lipinski definition) is 1. The van der Waals surface area contributed by atoms with Crippen LogP contribution in [0, 0.1) is 12.8 Å². The number of aryl methyl sites for hydroxylation is 1. The Morgan fingerprint density at radius 1 is 1.50 bits per heavy atom. The molecule has 0 amide bonds. The molecule has 1 atom stereocenters. The van der Waals surface area contributed by atoms with Crippen molar-refractivity contribution in [1.29, 1.82) is 0 Å². The van der Waals surface area contributed by atoms with Crippen LogP contribution in [0.2, 0.25) is 0 Å². The first-order chi connectivity index (χ1) is 6.77. The molecule has 76 valence electrons. The zero-order valence-electron chi connectivity index (χ0n) is 8.52. The van der Waals surface area contributed by atoms with E-state index in [-0.39, 0.29) is 0 Å². The number of nitrogens with one attached hydrogen (secondary N) is 1. The molecule has 1 aliphatic rings. The van der Waals surface area contributed by atoms with Crippen molar-refractivity contribution >= 4 is 15.9 Å². The highest BCUT2D eigenvalue weighted by Crippen LogP contribution is 2.25. The van der Waals surface area contributed by atoms with Crippen LogP contribution >= 0.6 is 15.9 Å². The van der Waals surface area contributed by atoms with E-state index in [1.807, 2.05) is 0 Å². The molecular formula is C12H16BrN. The van der Waals surface area contributed by atoms with Gasteiger partial charge in [0.2, 0.25) is 0 Å². The van der Waals surface area contributed by atoms with Gasteiger partial charge in [-0.3, -0.25) is 0 Å². The highest BCUT2D eigenvalue weighted by molar-refractivity contribution is 9.10. The third-order valence-electron chi connectivity index (χ3n) is 2.94. The first-order valence-corrected chi connectivity index (χ1v) is 6.01. The Morgan fingerprint density at radius 3 is 3.07 bits per heavy atom. The molecule has 2 rings (SSSR count). The standard InChI is InChI=1S/C12H16BrN/c1-9-3-2-4-11(12(9)13)7-10-5-6-14-8-10/h2-4,10,14H,5-8H2,1H3. The Hall–Kier alpha value is -0.340. The molecule has 0 saturated carbocycles. The number of halogens is 1. The maximum atomic E-state index is 3.67. The predicted octanol–water partition coefficient (Wildman–Crippen LogP) is 2.91. The van der Waals surface area contributed by atoms with Crippen LogP contribution in [0.1, 0.15) is 17.5 Å². The minimum atomic E-state index is 0.827. The van der Waals surface area contributed by atoms with E-state index in [0.717, 1.165) is 5.92 Å². The highest BCUT2D eigenvalue weighted by atomic mass is 79.9. The molecule has 0 bridgehead atoms. The third-order valence-corrected chi connectivity index (χ3v) is 4.08. The van der Waals surface area contributed by atoms with Gasteiger partial charge in [-0.2, -0.15) is 0 Å². The van der Waals surface area contributed by atoms with Crippen molar-refractivity contribution < 1.29 is 0 Å². The molecule has 0 aromatic heterocycles. The second kappa shape index (κ2) is 4.45. The third kappa shape index (κ3) is 2.18. The molecule has 1 heterocycles. The summed E-state index contributed by atoms with van der Waals surface area (Å²) in [4.78, 5) is 0. The molecule has 14 heavy (non-hydrogen) atoms. The summed E-state index contributed by atoms with van der Waals surface area (Å²) in [5.74, 6) is 0.827. The molecule has 2 heteroatoms. The molecule has 0 spiro atoms. The summed E-state index contributed by atoms with van der Waals surface area (Å²) in [5.41, 5.74) is 2.80. The number of hydrogen-bond donors (Lipinski definition) is 1. The van der Waals surface area contributed by atoms with Crippen LogP contribution < -0.4 is 5.32 Å². The van der Waals surface area contributed by atoms with Crippen LogP contribution in [0.5, 0.6) is 0 Å². The van der Waals surface area contributed by atoms with Gasteiger partial charge in [-0.15, -0.1) is 0 Å². The van der Waals surface area contributed by atoms with Gasteiger partial charge >= 0.3 is 0 Å². The molecular weight excluding hydrogens is 238 g/mol. The molecule has 0 aliphatic carbocycles. The van der Waals surface area contributed by atoms with Crippen molar-refractivity contribution in [3.63, 3.8) is 0 Å². The SMILES string of the molecule is Cc1cccc(CC2CCNC2)c1Br. The maximum absolute atomic E-state index is 3.67. The average molecular weight is 254 g/mol. The van der Waals surface area contributed by atoms with E-state index in [1.54, 1.807) is 0 Å². The smallest absolute Gasteiger partial charge is 0.0236 e. The Morgan fingerprint density at radius 2 is 2.36 bits per heavy atom. The number of rotatable bonds is 2. The van der Waals surface area contributed by atoms with Gasteiger partial charge in [-0.1, -0.05) is 34.1 Å². The molecule has 1 aromatic carbocycles. The first-order valence-electron chi connectivity index (χ1n) is 5.22. The predicted molar refractivity (Wildman–Crippen MR) is 63.6 cm³/mol. The summed E-state index contributed by atoms with van der Waals surface area (Å²) in [6.45, 7) is 4.52. The van der Waals surface area contributed by atoms with Crippen molar-refractivity contribution in [1.82, 2.24) is 5.32 Å². The van der Waals surface area contributed by atoms with Crippen LogP contribution in [0.3, 0.4) is 0 Å². The maximum Gasteiger partial charge on any atom is 0.0236 e. The summed E-state index contributed by atoms with van der Waals surface area (Å²) >= 11 is 3.67. The summed E-state index contributed by atoms with van der Waals surface area (Å²) in [7, 11) is 0.